The largest absolute Gasteiger partial charge is 0.342 e. The molecule has 2 nitrogen and oxygen atoms in total. The van der Waals surface area contributed by atoms with Gasteiger partial charge < -0.3 is 4.90 Å². The average molecular weight is 277 g/mol. The summed E-state index contributed by atoms with van der Waals surface area (Å²) in [4.78, 5) is 15.1. The Morgan fingerprint density at radius 3 is 2.26 bits per heavy atom. The molecule has 0 unspecified atom stereocenters. The lowest BCUT2D eigenvalue weighted by Crippen LogP contribution is -2.29. The lowest BCUT2D eigenvalue weighted by atomic mass is 9.87. The van der Waals surface area contributed by atoms with Gasteiger partial charge in [-0.05, 0) is 36.0 Å². The van der Waals surface area contributed by atoms with Crippen molar-refractivity contribution in [1.82, 2.24) is 4.90 Å². The molecule has 1 aromatic rings. The summed E-state index contributed by atoms with van der Waals surface area (Å²) in [5.74, 6) is 0.844. The first kappa shape index (κ1) is 14.4. The van der Waals surface area contributed by atoms with Gasteiger partial charge in [0, 0.05) is 18.0 Å². The standard InChI is InChI=1S/C16H23NOS/c1-16(2,3)13-6-8-14(9-7-13)19-12-15(18)17-10-4-5-11-17/h6-9H,4-5,10-12H2,1-3H3. The second-order valence-electron chi connectivity index (χ2n) is 6.15. The van der Waals surface area contributed by atoms with Crippen LogP contribution >= 0.6 is 11.8 Å². The highest BCUT2D eigenvalue weighted by molar-refractivity contribution is 8.00. The first-order chi connectivity index (χ1) is 8.97. The normalized spacial score (nSPS) is 15.8. The van der Waals surface area contributed by atoms with Gasteiger partial charge in [-0.3, -0.25) is 4.79 Å². The van der Waals surface area contributed by atoms with Gasteiger partial charge in [-0.2, -0.15) is 0 Å². The number of rotatable bonds is 3. The van der Waals surface area contributed by atoms with Gasteiger partial charge in [0.2, 0.25) is 5.91 Å². The van der Waals surface area contributed by atoms with Crippen molar-refractivity contribution >= 4 is 17.7 Å². The Balaban J connectivity index is 1.87. The molecule has 0 aliphatic carbocycles. The molecule has 1 heterocycles. The van der Waals surface area contributed by atoms with Crippen molar-refractivity contribution in [2.24, 2.45) is 0 Å². The van der Waals surface area contributed by atoms with Crippen molar-refractivity contribution in [2.45, 2.75) is 43.9 Å². The van der Waals surface area contributed by atoms with Crippen LogP contribution in [0.1, 0.15) is 39.2 Å². The molecule has 0 bridgehead atoms. The van der Waals surface area contributed by atoms with E-state index in [2.05, 4.69) is 45.0 Å². The average Bonchev–Trinajstić information content (AvgIpc) is 2.89. The quantitative estimate of drug-likeness (QED) is 0.785. The molecule has 0 atom stereocenters. The Morgan fingerprint density at radius 2 is 1.74 bits per heavy atom. The van der Waals surface area contributed by atoms with Crippen molar-refractivity contribution in [3.05, 3.63) is 29.8 Å². The number of amides is 1. The fourth-order valence-electron chi connectivity index (χ4n) is 2.25. The van der Waals surface area contributed by atoms with Crippen LogP contribution in [0, 0.1) is 0 Å². The number of benzene rings is 1. The van der Waals surface area contributed by atoms with Gasteiger partial charge in [0.1, 0.15) is 0 Å². The lowest BCUT2D eigenvalue weighted by Gasteiger charge is -2.19. The maximum atomic E-state index is 11.9. The van der Waals surface area contributed by atoms with E-state index in [-0.39, 0.29) is 11.3 Å². The molecule has 0 radical (unpaired) electrons. The summed E-state index contributed by atoms with van der Waals surface area (Å²) in [5, 5.41) is 0. The van der Waals surface area contributed by atoms with E-state index in [4.69, 9.17) is 0 Å². The number of hydrogen-bond donors (Lipinski definition) is 0. The lowest BCUT2D eigenvalue weighted by molar-refractivity contribution is -0.127. The second kappa shape index (κ2) is 6.00. The summed E-state index contributed by atoms with van der Waals surface area (Å²) in [6.07, 6.45) is 2.33. The molecule has 1 fully saturated rings. The number of hydrogen-bond acceptors (Lipinski definition) is 2. The molecule has 3 heteroatoms. The molecule has 0 spiro atoms. The summed E-state index contributed by atoms with van der Waals surface area (Å²) < 4.78 is 0. The van der Waals surface area contributed by atoms with Gasteiger partial charge in [-0.25, -0.2) is 0 Å². The summed E-state index contributed by atoms with van der Waals surface area (Å²) in [5.41, 5.74) is 1.52. The Hall–Kier alpha value is -0.960. The molecular weight excluding hydrogens is 254 g/mol. The zero-order valence-corrected chi connectivity index (χ0v) is 12.9. The first-order valence-corrected chi connectivity index (χ1v) is 7.96. The molecule has 1 aliphatic rings. The SMILES string of the molecule is CC(C)(C)c1ccc(SCC(=O)N2CCCC2)cc1. The third kappa shape index (κ3) is 4.00. The van der Waals surface area contributed by atoms with Crippen LogP contribution in [0.3, 0.4) is 0 Å². The van der Waals surface area contributed by atoms with Crippen LogP contribution in [0.25, 0.3) is 0 Å². The highest BCUT2D eigenvalue weighted by Crippen LogP contribution is 2.26. The molecular formula is C16H23NOS. The van der Waals surface area contributed by atoms with E-state index in [1.807, 2.05) is 4.90 Å². The Bertz CT molecular complexity index is 427. The zero-order valence-electron chi connectivity index (χ0n) is 12.1. The zero-order chi connectivity index (χ0) is 13.9. The number of carbonyl (C=O) groups is 1. The minimum Gasteiger partial charge on any atom is -0.342 e. The van der Waals surface area contributed by atoms with Crippen LogP contribution in [0.2, 0.25) is 0 Å². The highest BCUT2D eigenvalue weighted by atomic mass is 32.2. The third-order valence-corrected chi connectivity index (χ3v) is 4.54. The maximum absolute atomic E-state index is 11.9. The molecule has 19 heavy (non-hydrogen) atoms. The Morgan fingerprint density at radius 1 is 1.16 bits per heavy atom. The summed E-state index contributed by atoms with van der Waals surface area (Å²) in [6.45, 7) is 8.54. The highest BCUT2D eigenvalue weighted by Gasteiger charge is 2.18. The van der Waals surface area contributed by atoms with E-state index in [1.54, 1.807) is 11.8 Å². The predicted molar refractivity (Wildman–Crippen MR) is 81.7 cm³/mol. The van der Waals surface area contributed by atoms with E-state index in [0.29, 0.717) is 5.75 Å². The predicted octanol–water partition coefficient (Wildman–Crippen LogP) is 3.70. The van der Waals surface area contributed by atoms with Crippen molar-refractivity contribution in [3.8, 4) is 0 Å². The number of nitrogens with zero attached hydrogens (tertiary/aromatic N) is 1. The molecule has 1 aliphatic heterocycles. The molecule has 1 aromatic carbocycles. The third-order valence-electron chi connectivity index (χ3n) is 3.54. The van der Waals surface area contributed by atoms with E-state index in [9.17, 15) is 4.79 Å². The van der Waals surface area contributed by atoms with Crippen molar-refractivity contribution in [2.75, 3.05) is 18.8 Å². The number of likely N-dealkylation sites (tertiary alicyclic amines) is 1. The minimum absolute atomic E-state index is 0.189. The Kier molecular flexibility index (Phi) is 4.56. The summed E-state index contributed by atoms with van der Waals surface area (Å²) in [7, 11) is 0. The fourth-order valence-corrected chi connectivity index (χ4v) is 3.06. The Labute approximate surface area is 120 Å². The molecule has 104 valence electrons. The maximum Gasteiger partial charge on any atom is 0.232 e. The molecule has 1 saturated heterocycles. The van der Waals surface area contributed by atoms with Crippen LogP contribution in [0.15, 0.2) is 29.2 Å². The van der Waals surface area contributed by atoms with Crippen LogP contribution in [-0.4, -0.2) is 29.6 Å². The molecule has 0 N–H and O–H groups in total. The van der Waals surface area contributed by atoms with Crippen molar-refractivity contribution in [3.63, 3.8) is 0 Å². The van der Waals surface area contributed by atoms with E-state index < -0.39 is 0 Å². The summed E-state index contributed by atoms with van der Waals surface area (Å²) in [6, 6.07) is 8.59. The second-order valence-corrected chi connectivity index (χ2v) is 7.20. The summed E-state index contributed by atoms with van der Waals surface area (Å²) >= 11 is 1.64. The van der Waals surface area contributed by atoms with Gasteiger partial charge in [0.25, 0.3) is 0 Å². The topological polar surface area (TPSA) is 20.3 Å². The van der Waals surface area contributed by atoms with Gasteiger partial charge in [0.15, 0.2) is 0 Å². The van der Waals surface area contributed by atoms with Crippen LogP contribution in [0.5, 0.6) is 0 Å². The molecule has 0 saturated carbocycles. The van der Waals surface area contributed by atoms with Gasteiger partial charge >= 0.3 is 0 Å². The fraction of sp³-hybridized carbons (Fsp3) is 0.562. The molecule has 2 rings (SSSR count). The number of carbonyl (C=O) groups excluding carboxylic acids is 1. The van der Waals surface area contributed by atoms with Crippen LogP contribution in [0.4, 0.5) is 0 Å². The van der Waals surface area contributed by atoms with Gasteiger partial charge in [-0.1, -0.05) is 32.9 Å². The van der Waals surface area contributed by atoms with Crippen molar-refractivity contribution < 1.29 is 4.79 Å². The van der Waals surface area contributed by atoms with Crippen LogP contribution in [-0.2, 0) is 10.2 Å². The molecule has 1 amide bonds. The smallest absolute Gasteiger partial charge is 0.232 e. The van der Waals surface area contributed by atoms with Crippen LogP contribution < -0.4 is 0 Å². The van der Waals surface area contributed by atoms with Gasteiger partial charge in [-0.15, -0.1) is 11.8 Å². The van der Waals surface area contributed by atoms with Gasteiger partial charge in [0.05, 0.1) is 5.75 Å². The first-order valence-electron chi connectivity index (χ1n) is 6.98. The van der Waals surface area contributed by atoms with E-state index in [1.165, 1.54) is 10.5 Å². The number of thioether (sulfide) groups is 1. The van der Waals surface area contributed by atoms with Crippen molar-refractivity contribution in [1.29, 1.82) is 0 Å². The monoisotopic (exact) mass is 277 g/mol. The van der Waals surface area contributed by atoms with E-state index >= 15 is 0 Å². The molecule has 0 aromatic heterocycles. The minimum atomic E-state index is 0.189. The van der Waals surface area contributed by atoms with E-state index in [0.717, 1.165) is 25.9 Å².